The average molecular weight is 441 g/mol. The molecule has 1 heterocycles. The number of hydrogen-bond donors (Lipinski definition) is 0. The Kier molecular flexibility index (Phi) is 7.96. The fourth-order valence-corrected chi connectivity index (χ4v) is 5.22. The topological polar surface area (TPSA) is 110 Å². The molecule has 1 amide bonds. The van der Waals surface area contributed by atoms with E-state index in [0.29, 0.717) is 13.1 Å². The van der Waals surface area contributed by atoms with Gasteiger partial charge >= 0.3 is 11.9 Å². The molecular weight excluding hydrogens is 412 g/mol. The van der Waals surface area contributed by atoms with Crippen molar-refractivity contribution in [3.05, 3.63) is 29.8 Å². The van der Waals surface area contributed by atoms with Crippen LogP contribution < -0.4 is 0 Å². The van der Waals surface area contributed by atoms with Gasteiger partial charge in [0.25, 0.3) is 5.91 Å². The van der Waals surface area contributed by atoms with E-state index >= 15 is 0 Å². The van der Waals surface area contributed by atoms with Crippen LogP contribution in [0, 0.1) is 11.8 Å². The summed E-state index contributed by atoms with van der Waals surface area (Å²) < 4.78 is 36.5. The fraction of sp³-hybridized carbons (Fsp3) is 0.550. The summed E-state index contributed by atoms with van der Waals surface area (Å²) in [7, 11) is -1.33. The number of rotatable bonds is 7. The number of ether oxygens (including phenoxy) is 2. The highest BCUT2D eigenvalue weighted by molar-refractivity contribution is 7.89. The molecule has 2 atom stereocenters. The number of esters is 2. The second-order valence-corrected chi connectivity index (χ2v) is 9.54. The van der Waals surface area contributed by atoms with Gasteiger partial charge in [-0.15, -0.1) is 0 Å². The van der Waals surface area contributed by atoms with Crippen LogP contribution in [0.1, 0.15) is 30.6 Å². The van der Waals surface area contributed by atoms with E-state index in [4.69, 9.17) is 0 Å². The van der Waals surface area contributed by atoms with Crippen LogP contribution in [0.5, 0.6) is 0 Å². The van der Waals surface area contributed by atoms with E-state index in [-0.39, 0.29) is 22.3 Å². The highest BCUT2D eigenvalue weighted by Gasteiger charge is 2.32. The third kappa shape index (κ3) is 5.79. The van der Waals surface area contributed by atoms with Gasteiger partial charge in [-0.25, -0.2) is 8.42 Å². The Bertz CT molecular complexity index is 855. The summed E-state index contributed by atoms with van der Waals surface area (Å²) in [4.78, 5) is 37.0. The number of piperidine rings is 1. The zero-order chi connectivity index (χ0) is 22.5. The molecule has 9 nitrogen and oxygen atoms in total. The average Bonchev–Trinajstić information content (AvgIpc) is 2.71. The van der Waals surface area contributed by atoms with E-state index in [0.717, 1.165) is 11.3 Å². The van der Waals surface area contributed by atoms with Crippen LogP contribution in [0.15, 0.2) is 29.2 Å². The minimum atomic E-state index is -3.68. The van der Waals surface area contributed by atoms with Crippen molar-refractivity contribution in [3.8, 4) is 0 Å². The maximum Gasteiger partial charge on any atom is 0.325 e. The summed E-state index contributed by atoms with van der Waals surface area (Å²) in [5.74, 6) is -1.46. The Morgan fingerprint density at radius 3 is 1.87 bits per heavy atom. The van der Waals surface area contributed by atoms with Gasteiger partial charge < -0.3 is 14.4 Å². The van der Waals surface area contributed by atoms with Crippen LogP contribution in [0.25, 0.3) is 0 Å². The third-order valence-corrected chi connectivity index (χ3v) is 6.80. The van der Waals surface area contributed by atoms with Crippen molar-refractivity contribution in [2.45, 2.75) is 25.2 Å². The Morgan fingerprint density at radius 2 is 1.43 bits per heavy atom. The molecule has 1 aliphatic heterocycles. The molecule has 30 heavy (non-hydrogen) atoms. The van der Waals surface area contributed by atoms with Gasteiger partial charge in [0.2, 0.25) is 10.0 Å². The van der Waals surface area contributed by atoms with Crippen molar-refractivity contribution >= 4 is 27.9 Å². The van der Waals surface area contributed by atoms with Crippen molar-refractivity contribution in [3.63, 3.8) is 0 Å². The lowest BCUT2D eigenvalue weighted by Crippen LogP contribution is -2.42. The normalized spacial score (nSPS) is 19.7. The van der Waals surface area contributed by atoms with Crippen molar-refractivity contribution in [2.24, 2.45) is 11.8 Å². The molecule has 1 aromatic carbocycles. The highest BCUT2D eigenvalue weighted by Crippen LogP contribution is 2.26. The van der Waals surface area contributed by atoms with Crippen molar-refractivity contribution in [1.82, 2.24) is 9.21 Å². The molecule has 10 heteroatoms. The summed E-state index contributed by atoms with van der Waals surface area (Å²) in [6, 6.07) is 5.46. The SMILES string of the molecule is COC(=O)CN(CC(=O)OC)C(=O)c1ccc(S(=O)(=O)N2CC(C)CC(C)C2)cc1. The zero-order valence-corrected chi connectivity index (χ0v) is 18.5. The molecule has 0 spiro atoms. The first-order valence-corrected chi connectivity index (χ1v) is 11.1. The molecule has 2 rings (SSSR count). The van der Waals surface area contributed by atoms with Crippen molar-refractivity contribution in [1.29, 1.82) is 0 Å². The number of carbonyl (C=O) groups excluding carboxylic acids is 3. The van der Waals surface area contributed by atoms with Gasteiger partial charge in [0, 0.05) is 18.7 Å². The number of methoxy groups -OCH3 is 2. The van der Waals surface area contributed by atoms with Crippen LogP contribution in [0.3, 0.4) is 0 Å². The molecular formula is C20H28N2O7S. The lowest BCUT2D eigenvalue weighted by atomic mass is 9.94. The van der Waals surface area contributed by atoms with E-state index in [2.05, 4.69) is 9.47 Å². The van der Waals surface area contributed by atoms with Gasteiger partial charge in [0.15, 0.2) is 0 Å². The van der Waals surface area contributed by atoms with E-state index in [9.17, 15) is 22.8 Å². The fourth-order valence-electron chi connectivity index (χ4n) is 3.54. The number of nitrogens with zero attached hydrogens (tertiary/aromatic N) is 2. The Labute approximate surface area is 177 Å². The monoisotopic (exact) mass is 440 g/mol. The summed E-state index contributed by atoms with van der Waals surface area (Å²) in [6.07, 6.45) is 0.982. The van der Waals surface area contributed by atoms with Crippen LogP contribution in [-0.4, -0.2) is 75.9 Å². The maximum atomic E-state index is 13.0. The molecule has 166 valence electrons. The summed E-state index contributed by atoms with van der Waals surface area (Å²) in [6.45, 7) is 4.09. The van der Waals surface area contributed by atoms with Gasteiger partial charge in [-0.3, -0.25) is 14.4 Å². The highest BCUT2D eigenvalue weighted by atomic mass is 32.2. The molecule has 0 N–H and O–H groups in total. The second-order valence-electron chi connectivity index (χ2n) is 7.61. The molecule has 0 aromatic heterocycles. The molecule has 0 radical (unpaired) electrons. The smallest absolute Gasteiger partial charge is 0.325 e. The first-order valence-electron chi connectivity index (χ1n) is 9.61. The Balaban J connectivity index is 2.22. The lowest BCUT2D eigenvalue weighted by Gasteiger charge is -2.34. The molecule has 0 bridgehead atoms. The van der Waals surface area contributed by atoms with Crippen LogP contribution in [-0.2, 0) is 29.1 Å². The van der Waals surface area contributed by atoms with Gasteiger partial charge in [-0.1, -0.05) is 13.8 Å². The van der Waals surface area contributed by atoms with Crippen LogP contribution in [0.4, 0.5) is 0 Å². The summed E-state index contributed by atoms with van der Waals surface area (Å²) in [5.41, 5.74) is 0.141. The standard InChI is InChI=1S/C20H28N2O7S/c1-14-9-15(2)11-22(10-14)30(26,27)17-7-5-16(6-8-17)20(25)21(12-18(23)28-3)13-19(24)29-4/h5-8,14-15H,9-13H2,1-4H3. The van der Waals surface area contributed by atoms with Gasteiger partial charge in [0.1, 0.15) is 13.1 Å². The minimum absolute atomic E-state index is 0.0906. The van der Waals surface area contributed by atoms with E-state index < -0.39 is 41.0 Å². The zero-order valence-electron chi connectivity index (χ0n) is 17.7. The van der Waals surface area contributed by atoms with E-state index in [1.807, 2.05) is 13.8 Å². The van der Waals surface area contributed by atoms with Crippen molar-refractivity contribution in [2.75, 3.05) is 40.4 Å². The minimum Gasteiger partial charge on any atom is -0.468 e. The molecule has 0 saturated carbocycles. The lowest BCUT2D eigenvalue weighted by molar-refractivity contribution is -0.144. The first-order chi connectivity index (χ1) is 14.1. The molecule has 0 aliphatic carbocycles. The molecule has 1 saturated heterocycles. The number of carbonyl (C=O) groups is 3. The third-order valence-electron chi connectivity index (χ3n) is 4.96. The number of benzene rings is 1. The quantitative estimate of drug-likeness (QED) is 0.585. The molecule has 2 unspecified atom stereocenters. The Morgan fingerprint density at radius 1 is 0.967 bits per heavy atom. The number of hydrogen-bond acceptors (Lipinski definition) is 7. The first kappa shape index (κ1) is 23.8. The number of sulfonamides is 1. The van der Waals surface area contributed by atoms with Crippen LogP contribution in [0.2, 0.25) is 0 Å². The van der Waals surface area contributed by atoms with E-state index in [1.54, 1.807) is 0 Å². The summed E-state index contributed by atoms with van der Waals surface area (Å²) in [5, 5.41) is 0. The number of amides is 1. The van der Waals surface area contributed by atoms with Gasteiger partial charge in [-0.05, 0) is 42.5 Å². The molecule has 1 fully saturated rings. The molecule has 1 aromatic rings. The van der Waals surface area contributed by atoms with Gasteiger partial charge in [-0.2, -0.15) is 4.31 Å². The van der Waals surface area contributed by atoms with Crippen LogP contribution >= 0.6 is 0 Å². The predicted octanol–water partition coefficient (Wildman–Crippen LogP) is 1.14. The maximum absolute atomic E-state index is 13.0. The molecule has 1 aliphatic rings. The predicted molar refractivity (Wildman–Crippen MR) is 108 cm³/mol. The van der Waals surface area contributed by atoms with Gasteiger partial charge in [0.05, 0.1) is 19.1 Å². The summed E-state index contributed by atoms with van der Waals surface area (Å²) >= 11 is 0. The Hall–Kier alpha value is -2.46. The second kappa shape index (κ2) is 10.0. The van der Waals surface area contributed by atoms with Crippen molar-refractivity contribution < 1.29 is 32.3 Å². The largest absolute Gasteiger partial charge is 0.468 e. The van der Waals surface area contributed by atoms with E-state index in [1.165, 1.54) is 42.8 Å².